The lowest BCUT2D eigenvalue weighted by atomic mass is 10.2. The number of aromatic nitrogens is 1. The fourth-order valence-electron chi connectivity index (χ4n) is 1.84. The highest BCUT2D eigenvalue weighted by Crippen LogP contribution is 2.12. The number of unbranched alkanes of at least 4 members (excludes halogenated alkanes) is 1. The van der Waals surface area contributed by atoms with Gasteiger partial charge in [-0.25, -0.2) is 13.1 Å². The Hall–Kier alpha value is -0.850. The molecule has 0 aliphatic rings. The molecule has 0 aromatic carbocycles. The highest BCUT2D eigenvalue weighted by atomic mass is 32.2. The average molecular weight is 287 g/mol. The molecule has 0 saturated heterocycles. The standard InChI is InChI=1S/C13H25N3O2S/c1-4-6-7-11(3)16-19(17,18)13-8-12(15-10-13)9-14-5-2/h8,10-11,14-16H,4-7,9H2,1-3H3. The lowest BCUT2D eigenvalue weighted by Crippen LogP contribution is -2.32. The Bertz CT molecular complexity index is 468. The SMILES string of the molecule is CCCCC(C)NS(=O)(=O)c1c[nH]c(CNCC)c1. The fourth-order valence-corrected chi connectivity index (χ4v) is 3.13. The average Bonchev–Trinajstić information content (AvgIpc) is 2.83. The second-order valence-electron chi connectivity index (χ2n) is 4.81. The summed E-state index contributed by atoms with van der Waals surface area (Å²) in [6.45, 7) is 7.52. The van der Waals surface area contributed by atoms with Crippen LogP contribution in [0.5, 0.6) is 0 Å². The third-order valence-corrected chi connectivity index (χ3v) is 4.51. The van der Waals surface area contributed by atoms with E-state index in [4.69, 9.17) is 0 Å². The van der Waals surface area contributed by atoms with E-state index in [1.54, 1.807) is 12.3 Å². The van der Waals surface area contributed by atoms with Crippen LogP contribution in [0.2, 0.25) is 0 Å². The van der Waals surface area contributed by atoms with Crippen molar-refractivity contribution in [3.8, 4) is 0 Å². The van der Waals surface area contributed by atoms with E-state index < -0.39 is 10.0 Å². The van der Waals surface area contributed by atoms with E-state index in [9.17, 15) is 8.42 Å². The lowest BCUT2D eigenvalue weighted by molar-refractivity contribution is 0.534. The number of nitrogens with one attached hydrogen (secondary N) is 3. The maximum Gasteiger partial charge on any atom is 0.242 e. The van der Waals surface area contributed by atoms with Gasteiger partial charge in [0, 0.05) is 24.5 Å². The zero-order chi connectivity index (χ0) is 14.3. The van der Waals surface area contributed by atoms with Crippen LogP contribution < -0.4 is 10.0 Å². The molecule has 19 heavy (non-hydrogen) atoms. The maximum atomic E-state index is 12.1. The summed E-state index contributed by atoms with van der Waals surface area (Å²) in [4.78, 5) is 3.29. The molecule has 0 bridgehead atoms. The number of sulfonamides is 1. The second-order valence-corrected chi connectivity index (χ2v) is 6.52. The van der Waals surface area contributed by atoms with Gasteiger partial charge in [0.05, 0.1) is 4.90 Å². The Morgan fingerprint density at radius 2 is 2.11 bits per heavy atom. The van der Waals surface area contributed by atoms with E-state index in [1.807, 2.05) is 13.8 Å². The van der Waals surface area contributed by atoms with Crippen molar-refractivity contribution in [2.24, 2.45) is 0 Å². The Morgan fingerprint density at radius 3 is 2.74 bits per heavy atom. The first-order valence-corrected chi connectivity index (χ1v) is 8.38. The molecule has 0 saturated carbocycles. The Morgan fingerprint density at radius 1 is 1.37 bits per heavy atom. The van der Waals surface area contributed by atoms with Crippen molar-refractivity contribution in [1.29, 1.82) is 0 Å². The van der Waals surface area contributed by atoms with E-state index in [1.165, 1.54) is 0 Å². The van der Waals surface area contributed by atoms with Gasteiger partial charge < -0.3 is 10.3 Å². The molecular formula is C13H25N3O2S. The molecular weight excluding hydrogens is 262 g/mol. The quantitative estimate of drug-likeness (QED) is 0.650. The summed E-state index contributed by atoms with van der Waals surface area (Å²) in [5.41, 5.74) is 0.878. The van der Waals surface area contributed by atoms with Gasteiger partial charge in [0.25, 0.3) is 0 Å². The highest BCUT2D eigenvalue weighted by molar-refractivity contribution is 7.89. The molecule has 0 fully saturated rings. The first-order valence-electron chi connectivity index (χ1n) is 6.90. The molecule has 6 heteroatoms. The Balaban J connectivity index is 2.63. The van der Waals surface area contributed by atoms with E-state index >= 15 is 0 Å². The molecule has 1 unspecified atom stereocenters. The van der Waals surface area contributed by atoms with Crippen molar-refractivity contribution in [2.75, 3.05) is 6.54 Å². The minimum Gasteiger partial charge on any atom is -0.363 e. The molecule has 0 amide bonds. The summed E-state index contributed by atoms with van der Waals surface area (Å²) in [5, 5.41) is 3.15. The van der Waals surface area contributed by atoms with Crippen LogP contribution in [0, 0.1) is 0 Å². The van der Waals surface area contributed by atoms with Gasteiger partial charge in [-0.05, 0) is 26.0 Å². The van der Waals surface area contributed by atoms with Crippen LogP contribution in [0.4, 0.5) is 0 Å². The van der Waals surface area contributed by atoms with Gasteiger partial charge in [-0.15, -0.1) is 0 Å². The molecule has 0 radical (unpaired) electrons. The molecule has 3 N–H and O–H groups in total. The van der Waals surface area contributed by atoms with Crippen molar-refractivity contribution in [2.45, 2.75) is 57.5 Å². The molecule has 1 rings (SSSR count). The van der Waals surface area contributed by atoms with Gasteiger partial charge >= 0.3 is 0 Å². The van der Waals surface area contributed by atoms with Crippen LogP contribution in [0.1, 0.15) is 45.7 Å². The summed E-state index contributed by atoms with van der Waals surface area (Å²) >= 11 is 0. The molecule has 1 aromatic heterocycles. The summed E-state index contributed by atoms with van der Waals surface area (Å²) < 4.78 is 27.0. The predicted molar refractivity (Wildman–Crippen MR) is 77.5 cm³/mol. The van der Waals surface area contributed by atoms with Crippen LogP contribution >= 0.6 is 0 Å². The number of hydrogen-bond acceptors (Lipinski definition) is 3. The van der Waals surface area contributed by atoms with Crippen LogP contribution in [0.25, 0.3) is 0 Å². The van der Waals surface area contributed by atoms with Crippen molar-refractivity contribution >= 4 is 10.0 Å². The number of rotatable bonds is 9. The van der Waals surface area contributed by atoms with Gasteiger partial charge in [-0.1, -0.05) is 26.7 Å². The van der Waals surface area contributed by atoms with Gasteiger partial charge in [0.15, 0.2) is 0 Å². The Kier molecular flexibility index (Phi) is 6.54. The molecule has 1 atom stereocenters. The van der Waals surface area contributed by atoms with Crippen molar-refractivity contribution in [3.05, 3.63) is 18.0 Å². The maximum absolute atomic E-state index is 12.1. The largest absolute Gasteiger partial charge is 0.363 e. The first kappa shape index (κ1) is 16.2. The molecule has 0 spiro atoms. The monoisotopic (exact) mass is 287 g/mol. The zero-order valence-corrected chi connectivity index (χ0v) is 12.8. The summed E-state index contributed by atoms with van der Waals surface area (Å²) in [6, 6.07) is 1.65. The number of aromatic amines is 1. The zero-order valence-electron chi connectivity index (χ0n) is 12.0. The molecule has 0 aliphatic heterocycles. The second kappa shape index (κ2) is 7.67. The molecule has 5 nitrogen and oxygen atoms in total. The first-order chi connectivity index (χ1) is 8.99. The van der Waals surface area contributed by atoms with Gasteiger partial charge in [0.2, 0.25) is 10.0 Å². The van der Waals surface area contributed by atoms with E-state index in [0.29, 0.717) is 11.4 Å². The minimum atomic E-state index is -3.40. The Labute approximate surface area is 116 Å². The van der Waals surface area contributed by atoms with Gasteiger partial charge in [0.1, 0.15) is 0 Å². The normalized spacial score (nSPS) is 13.6. The molecule has 1 heterocycles. The minimum absolute atomic E-state index is 0.0305. The topological polar surface area (TPSA) is 74.0 Å². The smallest absolute Gasteiger partial charge is 0.242 e. The van der Waals surface area contributed by atoms with Gasteiger partial charge in [-0.2, -0.15) is 0 Å². The van der Waals surface area contributed by atoms with Crippen molar-refractivity contribution < 1.29 is 8.42 Å². The predicted octanol–water partition coefficient (Wildman–Crippen LogP) is 1.98. The summed E-state index contributed by atoms with van der Waals surface area (Å²) in [7, 11) is -3.40. The lowest BCUT2D eigenvalue weighted by Gasteiger charge is -2.12. The van der Waals surface area contributed by atoms with E-state index in [0.717, 1.165) is 31.5 Å². The molecule has 110 valence electrons. The van der Waals surface area contributed by atoms with Crippen molar-refractivity contribution in [3.63, 3.8) is 0 Å². The van der Waals surface area contributed by atoms with E-state index in [2.05, 4.69) is 21.9 Å². The van der Waals surface area contributed by atoms with Crippen LogP contribution in [-0.2, 0) is 16.6 Å². The summed E-state index contributed by atoms with van der Waals surface area (Å²) in [5.74, 6) is 0. The summed E-state index contributed by atoms with van der Waals surface area (Å²) in [6.07, 6.45) is 4.51. The third-order valence-electron chi connectivity index (χ3n) is 2.94. The van der Waals surface area contributed by atoms with Crippen LogP contribution in [-0.4, -0.2) is 26.0 Å². The number of hydrogen-bond donors (Lipinski definition) is 3. The van der Waals surface area contributed by atoms with Gasteiger partial charge in [-0.3, -0.25) is 0 Å². The highest BCUT2D eigenvalue weighted by Gasteiger charge is 2.18. The third kappa shape index (κ3) is 5.34. The molecule has 0 aliphatic carbocycles. The van der Waals surface area contributed by atoms with E-state index in [-0.39, 0.29) is 6.04 Å². The van der Waals surface area contributed by atoms with Crippen molar-refractivity contribution in [1.82, 2.24) is 15.0 Å². The fraction of sp³-hybridized carbons (Fsp3) is 0.692. The van der Waals surface area contributed by atoms with Crippen LogP contribution in [0.15, 0.2) is 17.2 Å². The van der Waals surface area contributed by atoms with Crippen LogP contribution in [0.3, 0.4) is 0 Å². The molecule has 1 aromatic rings. The number of H-pyrrole nitrogens is 1.